The average molecular weight is 96.2 g/mol. The highest BCUT2D eigenvalue weighted by Gasteiger charge is 1.54. The van der Waals surface area contributed by atoms with Crippen molar-refractivity contribution < 1.29 is 5.73 Å². The molecule has 0 fully saturated rings. The Balaban J connectivity index is 3.27. The Bertz CT molecular complexity index is 90.4. The molecule has 0 bridgehead atoms. The fraction of sp³-hybridized carbons (Fsp3) is 0. The minimum absolute atomic E-state index is 1.72. The zero-order valence-electron chi connectivity index (χ0n) is 4.30. The second kappa shape index (κ2) is 5.18. The molecule has 0 radical (unpaired) electrons. The molecular formula is C6H10N+. The van der Waals surface area contributed by atoms with Crippen LogP contribution in [-0.4, -0.2) is 0 Å². The van der Waals surface area contributed by atoms with Gasteiger partial charge in [0, 0.05) is 0 Å². The van der Waals surface area contributed by atoms with Crippen molar-refractivity contribution >= 4 is 0 Å². The van der Waals surface area contributed by atoms with E-state index in [4.69, 9.17) is 0 Å². The van der Waals surface area contributed by atoms with Gasteiger partial charge in [0.2, 0.25) is 0 Å². The molecule has 0 spiro atoms. The molecule has 0 aromatic heterocycles. The highest BCUT2D eigenvalue weighted by molar-refractivity contribution is 5.06. The van der Waals surface area contributed by atoms with Gasteiger partial charge in [0.25, 0.3) is 0 Å². The van der Waals surface area contributed by atoms with Gasteiger partial charge in [-0.2, -0.15) is 0 Å². The molecule has 0 atom stereocenters. The number of hydrogen-bond acceptors (Lipinski definition) is 0. The van der Waals surface area contributed by atoms with E-state index >= 15 is 0 Å². The van der Waals surface area contributed by atoms with E-state index in [-0.39, 0.29) is 0 Å². The molecule has 0 saturated carbocycles. The number of quaternary nitrogens is 1. The quantitative estimate of drug-likeness (QED) is 0.484. The molecule has 0 heterocycles. The molecule has 7 heavy (non-hydrogen) atoms. The lowest BCUT2D eigenvalue weighted by molar-refractivity contribution is -0.274. The smallest absolute Gasteiger partial charge is 0.0909 e. The van der Waals surface area contributed by atoms with Crippen molar-refractivity contribution in [2.75, 3.05) is 0 Å². The Morgan fingerprint density at radius 3 is 2.29 bits per heavy atom. The molecule has 1 nitrogen and oxygen atoms in total. The molecule has 0 aliphatic rings. The highest BCUT2D eigenvalue weighted by Crippen LogP contribution is 1.71. The summed E-state index contributed by atoms with van der Waals surface area (Å²) in [4.78, 5) is 0. The SMILES string of the molecule is C=C/C=C\C=C/[NH3+]. The van der Waals surface area contributed by atoms with Gasteiger partial charge >= 0.3 is 0 Å². The van der Waals surface area contributed by atoms with Gasteiger partial charge in [0.1, 0.15) is 0 Å². The molecule has 0 aliphatic heterocycles. The molecule has 38 valence electrons. The third-order valence-electron chi connectivity index (χ3n) is 0.494. The first-order chi connectivity index (χ1) is 3.41. The van der Waals surface area contributed by atoms with Crippen LogP contribution in [0.2, 0.25) is 0 Å². The van der Waals surface area contributed by atoms with E-state index < -0.39 is 0 Å². The number of hydrogen-bond donors (Lipinski definition) is 1. The fourth-order valence-corrected chi connectivity index (χ4v) is 0.221. The summed E-state index contributed by atoms with van der Waals surface area (Å²) >= 11 is 0. The van der Waals surface area contributed by atoms with Gasteiger partial charge in [0.15, 0.2) is 0 Å². The lowest BCUT2D eigenvalue weighted by Gasteiger charge is -1.63. The van der Waals surface area contributed by atoms with Gasteiger partial charge in [-0.05, 0) is 6.08 Å². The summed E-state index contributed by atoms with van der Waals surface area (Å²) in [6.45, 7) is 3.49. The van der Waals surface area contributed by atoms with Crippen molar-refractivity contribution in [2.45, 2.75) is 0 Å². The van der Waals surface area contributed by atoms with E-state index in [1.54, 1.807) is 12.3 Å². The summed E-state index contributed by atoms with van der Waals surface area (Å²) in [6.07, 6.45) is 9.02. The summed E-state index contributed by atoms with van der Waals surface area (Å²) in [5.74, 6) is 0. The summed E-state index contributed by atoms with van der Waals surface area (Å²) in [5, 5.41) is 0. The van der Waals surface area contributed by atoms with Crippen LogP contribution in [0.1, 0.15) is 0 Å². The molecular weight excluding hydrogens is 86.1 g/mol. The molecule has 0 aliphatic carbocycles. The van der Waals surface area contributed by atoms with Gasteiger partial charge < -0.3 is 5.73 Å². The minimum Gasteiger partial charge on any atom is -0.331 e. The largest absolute Gasteiger partial charge is 0.331 e. The topological polar surface area (TPSA) is 27.6 Å². The fourth-order valence-electron chi connectivity index (χ4n) is 0.221. The van der Waals surface area contributed by atoms with Crippen LogP contribution in [0, 0.1) is 0 Å². The van der Waals surface area contributed by atoms with Crippen LogP contribution in [0.25, 0.3) is 0 Å². The van der Waals surface area contributed by atoms with E-state index in [0.717, 1.165) is 0 Å². The molecule has 0 saturated heterocycles. The third kappa shape index (κ3) is 5.18. The second-order valence-corrected chi connectivity index (χ2v) is 1.05. The van der Waals surface area contributed by atoms with Gasteiger partial charge in [-0.3, -0.25) is 0 Å². The van der Waals surface area contributed by atoms with Crippen LogP contribution in [0.5, 0.6) is 0 Å². The van der Waals surface area contributed by atoms with E-state index in [1.165, 1.54) is 0 Å². The third-order valence-corrected chi connectivity index (χ3v) is 0.494. The predicted octanol–water partition coefficient (Wildman–Crippen LogP) is 0.484. The lowest BCUT2D eigenvalue weighted by atomic mass is 10.5. The maximum absolute atomic E-state index is 3.49. The monoisotopic (exact) mass is 96.1 g/mol. The standard InChI is InChI=1S/C6H9N/c1-2-3-4-5-6-7/h2-6H,1,7H2/p+1/b4-3-,6-5-. The van der Waals surface area contributed by atoms with Crippen molar-refractivity contribution in [1.29, 1.82) is 0 Å². The van der Waals surface area contributed by atoms with E-state index in [9.17, 15) is 0 Å². The predicted molar refractivity (Wildman–Crippen MR) is 31.4 cm³/mol. The zero-order chi connectivity index (χ0) is 5.54. The first-order valence-corrected chi connectivity index (χ1v) is 2.15. The van der Waals surface area contributed by atoms with Crippen molar-refractivity contribution in [2.24, 2.45) is 0 Å². The van der Waals surface area contributed by atoms with Gasteiger partial charge in [0.05, 0.1) is 6.20 Å². The van der Waals surface area contributed by atoms with Gasteiger partial charge in [-0.15, -0.1) is 0 Å². The van der Waals surface area contributed by atoms with Gasteiger partial charge in [-0.1, -0.05) is 24.8 Å². The number of rotatable bonds is 2. The Kier molecular flexibility index (Phi) is 4.57. The zero-order valence-corrected chi connectivity index (χ0v) is 4.30. The van der Waals surface area contributed by atoms with Crippen molar-refractivity contribution in [1.82, 2.24) is 0 Å². The lowest BCUT2D eigenvalue weighted by Crippen LogP contribution is -2.38. The maximum atomic E-state index is 3.49. The van der Waals surface area contributed by atoms with Crippen LogP contribution in [0.3, 0.4) is 0 Å². The Labute approximate surface area is 43.8 Å². The van der Waals surface area contributed by atoms with E-state index in [1.807, 2.05) is 18.2 Å². The molecule has 0 rings (SSSR count). The molecule has 0 aromatic carbocycles. The first kappa shape index (κ1) is 6.18. The highest BCUT2D eigenvalue weighted by atomic mass is 14.5. The minimum atomic E-state index is 1.72. The second-order valence-electron chi connectivity index (χ2n) is 1.05. The Morgan fingerprint density at radius 1 is 1.14 bits per heavy atom. The van der Waals surface area contributed by atoms with Crippen LogP contribution in [0.15, 0.2) is 37.1 Å². The molecule has 1 heteroatoms. The maximum Gasteiger partial charge on any atom is 0.0909 e. The average Bonchev–Trinajstić information content (AvgIpc) is 1.69. The molecule has 0 unspecified atom stereocenters. The van der Waals surface area contributed by atoms with Crippen molar-refractivity contribution in [3.8, 4) is 0 Å². The van der Waals surface area contributed by atoms with E-state index in [2.05, 4.69) is 12.3 Å². The van der Waals surface area contributed by atoms with Crippen LogP contribution < -0.4 is 5.73 Å². The Morgan fingerprint density at radius 2 is 1.86 bits per heavy atom. The van der Waals surface area contributed by atoms with E-state index in [0.29, 0.717) is 0 Å². The Hall–Kier alpha value is -0.820. The van der Waals surface area contributed by atoms with Crippen LogP contribution in [0.4, 0.5) is 0 Å². The van der Waals surface area contributed by atoms with Crippen molar-refractivity contribution in [3.05, 3.63) is 37.1 Å². The summed E-state index contributed by atoms with van der Waals surface area (Å²) in [5.41, 5.74) is 3.49. The molecule has 0 aromatic rings. The van der Waals surface area contributed by atoms with Crippen molar-refractivity contribution in [3.63, 3.8) is 0 Å². The molecule has 0 amide bonds. The normalized spacial score (nSPS) is 11.0. The first-order valence-electron chi connectivity index (χ1n) is 2.15. The van der Waals surface area contributed by atoms with Crippen LogP contribution in [-0.2, 0) is 0 Å². The summed E-state index contributed by atoms with van der Waals surface area (Å²) in [6, 6.07) is 0. The van der Waals surface area contributed by atoms with Crippen LogP contribution >= 0.6 is 0 Å². The number of allylic oxidation sites excluding steroid dienone is 4. The summed E-state index contributed by atoms with van der Waals surface area (Å²) < 4.78 is 0. The molecule has 3 N–H and O–H groups in total. The summed E-state index contributed by atoms with van der Waals surface area (Å²) in [7, 11) is 0. The van der Waals surface area contributed by atoms with Gasteiger partial charge in [-0.25, -0.2) is 0 Å².